The molecule has 1 rings (SSSR count). The van der Waals surface area contributed by atoms with Crippen LogP contribution in [0.1, 0.15) is 51.9 Å². The van der Waals surface area contributed by atoms with E-state index in [4.69, 9.17) is 4.74 Å². The maximum absolute atomic E-state index is 11.8. The third-order valence-corrected chi connectivity index (χ3v) is 4.08. The first-order valence-electron chi connectivity index (χ1n) is 7.07. The Labute approximate surface area is 114 Å². The molecule has 0 aromatic rings. The molecule has 0 spiro atoms. The van der Waals surface area contributed by atoms with Crippen molar-refractivity contribution < 1.29 is 19.4 Å². The fraction of sp³-hybridized carbons (Fsp3) is 0.857. The fourth-order valence-electron chi connectivity index (χ4n) is 2.68. The monoisotopic (exact) mass is 271 g/mol. The topological polar surface area (TPSA) is 75.6 Å². The van der Waals surface area contributed by atoms with Gasteiger partial charge in [0.05, 0.1) is 0 Å². The first kappa shape index (κ1) is 16.0. The highest BCUT2D eigenvalue weighted by Crippen LogP contribution is 2.34. The zero-order chi connectivity index (χ0) is 14.3. The number of rotatable bonds is 7. The zero-order valence-corrected chi connectivity index (χ0v) is 11.9. The van der Waals surface area contributed by atoms with Crippen LogP contribution in [0.4, 0.5) is 0 Å². The molecular weight excluding hydrogens is 246 g/mol. The Balaban J connectivity index is 2.53. The molecule has 0 heterocycles. The van der Waals surface area contributed by atoms with E-state index >= 15 is 0 Å². The highest BCUT2D eigenvalue weighted by molar-refractivity contribution is 5.87. The van der Waals surface area contributed by atoms with Gasteiger partial charge in [-0.1, -0.05) is 13.3 Å². The van der Waals surface area contributed by atoms with Gasteiger partial charge in [-0.2, -0.15) is 0 Å². The van der Waals surface area contributed by atoms with Gasteiger partial charge >= 0.3 is 5.97 Å². The summed E-state index contributed by atoms with van der Waals surface area (Å²) in [5.74, 6) is -0.491. The van der Waals surface area contributed by atoms with Gasteiger partial charge in [0.1, 0.15) is 5.54 Å². The summed E-state index contributed by atoms with van der Waals surface area (Å²) in [5, 5.41) is 12.2. The molecule has 0 atom stereocenters. The molecule has 0 bridgehead atoms. The van der Waals surface area contributed by atoms with Gasteiger partial charge in [0, 0.05) is 20.1 Å². The van der Waals surface area contributed by atoms with Crippen LogP contribution in [0, 0.1) is 5.92 Å². The van der Waals surface area contributed by atoms with Crippen molar-refractivity contribution in [3.8, 4) is 0 Å². The summed E-state index contributed by atoms with van der Waals surface area (Å²) in [6, 6.07) is 0. The van der Waals surface area contributed by atoms with Crippen molar-refractivity contribution in [1.29, 1.82) is 0 Å². The minimum absolute atomic E-state index is 0.186. The van der Waals surface area contributed by atoms with E-state index in [1.54, 1.807) is 7.11 Å². The Kier molecular flexibility index (Phi) is 6.28. The number of hydrogen-bond acceptors (Lipinski definition) is 3. The maximum Gasteiger partial charge on any atom is 0.329 e. The molecule has 0 aromatic carbocycles. The van der Waals surface area contributed by atoms with Crippen molar-refractivity contribution in [1.82, 2.24) is 5.32 Å². The lowest BCUT2D eigenvalue weighted by molar-refractivity contribution is -0.149. The number of methoxy groups -OCH3 is 1. The van der Waals surface area contributed by atoms with Crippen molar-refractivity contribution in [3.05, 3.63) is 0 Å². The number of amides is 1. The Morgan fingerprint density at radius 1 is 1.37 bits per heavy atom. The van der Waals surface area contributed by atoms with E-state index in [1.165, 1.54) is 0 Å². The van der Waals surface area contributed by atoms with Gasteiger partial charge in [-0.3, -0.25) is 4.79 Å². The average Bonchev–Trinajstić information content (AvgIpc) is 2.39. The number of carbonyl (C=O) groups excluding carboxylic acids is 1. The summed E-state index contributed by atoms with van der Waals surface area (Å²) in [6.07, 6.45) is 4.85. The zero-order valence-electron chi connectivity index (χ0n) is 11.9. The van der Waals surface area contributed by atoms with Gasteiger partial charge in [-0.15, -0.1) is 0 Å². The van der Waals surface area contributed by atoms with Gasteiger partial charge in [0.25, 0.3) is 0 Å². The van der Waals surface area contributed by atoms with Crippen LogP contribution in [-0.4, -0.2) is 36.2 Å². The number of aliphatic carboxylic acids is 1. The Hall–Kier alpha value is -1.10. The predicted molar refractivity (Wildman–Crippen MR) is 71.9 cm³/mol. The second-order valence-electron chi connectivity index (χ2n) is 5.38. The van der Waals surface area contributed by atoms with Crippen LogP contribution in [-0.2, 0) is 14.3 Å². The molecule has 2 N–H and O–H groups in total. The van der Waals surface area contributed by atoms with Crippen LogP contribution in [0.5, 0.6) is 0 Å². The van der Waals surface area contributed by atoms with Crippen molar-refractivity contribution in [2.75, 3.05) is 13.7 Å². The first-order chi connectivity index (χ1) is 9.04. The number of ether oxygens (including phenoxy) is 1. The Morgan fingerprint density at radius 2 is 2.00 bits per heavy atom. The molecule has 110 valence electrons. The summed E-state index contributed by atoms with van der Waals surface area (Å²) < 4.78 is 4.89. The third kappa shape index (κ3) is 4.49. The van der Waals surface area contributed by atoms with Crippen LogP contribution in [0.15, 0.2) is 0 Å². The minimum atomic E-state index is -1.05. The molecule has 1 amide bonds. The molecule has 0 unspecified atom stereocenters. The Bertz CT molecular complexity index is 309. The fourth-order valence-corrected chi connectivity index (χ4v) is 2.68. The van der Waals surface area contributed by atoms with Crippen LogP contribution in [0.25, 0.3) is 0 Å². The van der Waals surface area contributed by atoms with E-state index in [0.717, 1.165) is 19.3 Å². The molecule has 1 fully saturated rings. The number of hydrogen-bond donors (Lipinski definition) is 2. The van der Waals surface area contributed by atoms with Gasteiger partial charge in [-0.25, -0.2) is 4.79 Å². The van der Waals surface area contributed by atoms with Crippen molar-refractivity contribution in [2.24, 2.45) is 5.92 Å². The number of nitrogens with one attached hydrogen (secondary N) is 1. The van der Waals surface area contributed by atoms with Crippen LogP contribution >= 0.6 is 0 Å². The van der Waals surface area contributed by atoms with Crippen molar-refractivity contribution in [2.45, 2.75) is 57.4 Å². The van der Waals surface area contributed by atoms with E-state index in [1.807, 2.05) is 0 Å². The summed E-state index contributed by atoms with van der Waals surface area (Å²) in [6.45, 7) is 2.65. The van der Waals surface area contributed by atoms with E-state index in [0.29, 0.717) is 38.2 Å². The van der Waals surface area contributed by atoms with Gasteiger partial charge in [0.2, 0.25) is 5.91 Å². The summed E-state index contributed by atoms with van der Waals surface area (Å²) in [5.41, 5.74) is -1.05. The predicted octanol–water partition coefficient (Wildman–Crippen LogP) is 1.95. The summed E-state index contributed by atoms with van der Waals surface area (Å²) in [7, 11) is 1.59. The molecule has 19 heavy (non-hydrogen) atoms. The van der Waals surface area contributed by atoms with E-state index in [9.17, 15) is 14.7 Å². The second-order valence-corrected chi connectivity index (χ2v) is 5.38. The quantitative estimate of drug-likeness (QED) is 0.694. The maximum atomic E-state index is 11.8. The van der Waals surface area contributed by atoms with E-state index in [2.05, 4.69) is 12.2 Å². The lowest BCUT2D eigenvalue weighted by Crippen LogP contribution is -2.56. The number of carboxylic acids is 1. The molecule has 0 aliphatic heterocycles. The molecule has 0 saturated heterocycles. The first-order valence-corrected chi connectivity index (χ1v) is 7.07. The van der Waals surface area contributed by atoms with Gasteiger partial charge in [0.15, 0.2) is 0 Å². The minimum Gasteiger partial charge on any atom is -0.480 e. The smallest absolute Gasteiger partial charge is 0.329 e. The van der Waals surface area contributed by atoms with E-state index < -0.39 is 11.5 Å². The van der Waals surface area contributed by atoms with Crippen LogP contribution < -0.4 is 5.32 Å². The van der Waals surface area contributed by atoms with Gasteiger partial charge < -0.3 is 15.2 Å². The molecular formula is C14H25NO4. The lowest BCUT2D eigenvalue weighted by Gasteiger charge is -2.37. The number of carboxylic acid groups (broad SMARTS) is 1. The molecule has 5 nitrogen and oxygen atoms in total. The summed E-state index contributed by atoms with van der Waals surface area (Å²) in [4.78, 5) is 23.3. The van der Waals surface area contributed by atoms with Crippen LogP contribution in [0.3, 0.4) is 0 Å². The van der Waals surface area contributed by atoms with Crippen molar-refractivity contribution >= 4 is 11.9 Å². The molecule has 1 aliphatic rings. The largest absolute Gasteiger partial charge is 0.480 e. The highest BCUT2D eigenvalue weighted by atomic mass is 16.5. The average molecular weight is 271 g/mol. The number of carbonyl (C=O) groups is 2. The second kappa shape index (κ2) is 7.48. The third-order valence-electron chi connectivity index (χ3n) is 4.08. The summed E-state index contributed by atoms with van der Waals surface area (Å²) >= 11 is 0. The van der Waals surface area contributed by atoms with Gasteiger partial charge in [-0.05, 0) is 38.0 Å². The molecule has 5 heteroatoms. The van der Waals surface area contributed by atoms with E-state index in [-0.39, 0.29) is 5.91 Å². The molecule has 1 saturated carbocycles. The molecule has 1 aliphatic carbocycles. The molecule has 0 radical (unpaired) electrons. The lowest BCUT2D eigenvalue weighted by atomic mass is 9.75. The Morgan fingerprint density at radius 3 is 2.47 bits per heavy atom. The standard InChI is InChI=1S/C14H25NO4/c1-3-11-6-8-14(9-7-11,13(17)18)15-12(16)5-4-10-19-2/h11H,3-10H2,1-2H3,(H,15,16)(H,17,18). The van der Waals surface area contributed by atoms with Crippen molar-refractivity contribution in [3.63, 3.8) is 0 Å². The highest BCUT2D eigenvalue weighted by Gasteiger charge is 2.42. The molecule has 0 aromatic heterocycles. The van der Waals surface area contributed by atoms with Crippen LogP contribution in [0.2, 0.25) is 0 Å². The normalized spacial score (nSPS) is 26.9. The SMILES string of the molecule is CCC1CCC(NC(=O)CCCOC)(C(=O)O)CC1.